The molecule has 0 saturated carbocycles. The van der Waals surface area contributed by atoms with Crippen LogP contribution in [-0.4, -0.2) is 15.5 Å². The lowest BCUT2D eigenvalue weighted by Crippen LogP contribution is -2.09. The molecule has 2 aromatic heterocycles. The van der Waals surface area contributed by atoms with Crippen LogP contribution >= 0.6 is 22.9 Å². The van der Waals surface area contributed by atoms with Gasteiger partial charge < -0.3 is 9.88 Å². The lowest BCUT2D eigenvalue weighted by atomic mass is 10.3. The van der Waals surface area contributed by atoms with E-state index in [0.717, 1.165) is 34.0 Å². The first-order valence-corrected chi connectivity index (χ1v) is 9.47. The summed E-state index contributed by atoms with van der Waals surface area (Å²) in [5.41, 5.74) is 2.78. The first-order chi connectivity index (χ1) is 12.7. The van der Waals surface area contributed by atoms with E-state index < -0.39 is 0 Å². The number of para-hydroxylation sites is 2. The highest BCUT2D eigenvalue weighted by atomic mass is 35.5. The third-order valence-corrected chi connectivity index (χ3v) is 5.45. The van der Waals surface area contributed by atoms with Crippen molar-refractivity contribution in [3.8, 4) is 10.7 Å². The molecule has 0 atom stereocenters. The Bertz CT molecular complexity index is 1080. The Balaban J connectivity index is 1.64. The molecule has 0 spiro atoms. The van der Waals surface area contributed by atoms with E-state index >= 15 is 0 Å². The minimum Gasteiger partial charge on any atom is -0.324 e. The van der Waals surface area contributed by atoms with E-state index in [1.54, 1.807) is 24.3 Å². The summed E-state index contributed by atoms with van der Waals surface area (Å²) in [5, 5.41) is 3.53. The minimum atomic E-state index is -0.136. The molecule has 2 heterocycles. The molecule has 4 rings (SSSR count). The summed E-state index contributed by atoms with van der Waals surface area (Å²) in [4.78, 5) is 18.9. The van der Waals surface area contributed by atoms with Crippen molar-refractivity contribution in [2.45, 2.75) is 13.5 Å². The van der Waals surface area contributed by atoms with Crippen molar-refractivity contribution in [3.63, 3.8) is 0 Å². The summed E-state index contributed by atoms with van der Waals surface area (Å²) in [6, 6.07) is 18.9. The molecule has 0 aliphatic heterocycles. The van der Waals surface area contributed by atoms with Crippen molar-refractivity contribution >= 4 is 45.6 Å². The number of amides is 1. The van der Waals surface area contributed by atoms with Gasteiger partial charge in [-0.15, -0.1) is 11.3 Å². The smallest absolute Gasteiger partial charge is 0.265 e. The molecule has 4 nitrogen and oxygen atoms in total. The molecule has 0 fully saturated rings. The van der Waals surface area contributed by atoms with Crippen molar-refractivity contribution in [2.75, 3.05) is 5.32 Å². The van der Waals surface area contributed by atoms with Gasteiger partial charge in [0.2, 0.25) is 0 Å². The predicted octanol–water partition coefficient (Wildman–Crippen LogP) is 5.69. The average Bonchev–Trinajstić information content (AvgIpc) is 3.27. The molecule has 0 aliphatic rings. The fraction of sp³-hybridized carbons (Fsp3) is 0.100. The second-order valence-corrected chi connectivity index (χ2v) is 7.31. The van der Waals surface area contributed by atoms with Gasteiger partial charge in [0.15, 0.2) is 5.82 Å². The maximum atomic E-state index is 12.5. The third-order valence-electron chi connectivity index (χ3n) is 4.12. The van der Waals surface area contributed by atoms with E-state index in [1.165, 1.54) is 11.3 Å². The SMILES string of the molecule is CCn1c(-c2ccc(C(=O)Nc3ccc(Cl)cc3)s2)nc2ccccc21. The van der Waals surface area contributed by atoms with Gasteiger partial charge in [0, 0.05) is 17.3 Å². The van der Waals surface area contributed by atoms with Crippen LogP contribution in [0.15, 0.2) is 60.7 Å². The molecular weight excluding hydrogens is 366 g/mol. The van der Waals surface area contributed by atoms with E-state index in [4.69, 9.17) is 16.6 Å². The Morgan fingerprint density at radius 1 is 1.12 bits per heavy atom. The minimum absolute atomic E-state index is 0.136. The molecule has 6 heteroatoms. The second kappa shape index (κ2) is 6.94. The van der Waals surface area contributed by atoms with Crippen LogP contribution in [0.3, 0.4) is 0 Å². The normalized spacial score (nSPS) is 11.0. The maximum absolute atomic E-state index is 12.5. The number of rotatable bonds is 4. The van der Waals surface area contributed by atoms with Gasteiger partial charge in [0.1, 0.15) is 0 Å². The van der Waals surface area contributed by atoms with Crippen molar-refractivity contribution < 1.29 is 4.79 Å². The van der Waals surface area contributed by atoms with Crippen LogP contribution < -0.4 is 5.32 Å². The number of hydrogen-bond donors (Lipinski definition) is 1. The third kappa shape index (κ3) is 3.11. The molecule has 1 amide bonds. The topological polar surface area (TPSA) is 46.9 Å². The zero-order valence-corrected chi connectivity index (χ0v) is 15.6. The van der Waals surface area contributed by atoms with Crippen molar-refractivity contribution in [1.29, 1.82) is 0 Å². The molecule has 0 aliphatic carbocycles. The van der Waals surface area contributed by atoms with E-state index in [9.17, 15) is 4.79 Å². The molecule has 2 aromatic carbocycles. The highest BCUT2D eigenvalue weighted by molar-refractivity contribution is 7.17. The Morgan fingerprint density at radius 3 is 2.65 bits per heavy atom. The van der Waals surface area contributed by atoms with Crippen LogP contribution in [0.25, 0.3) is 21.7 Å². The number of imidazole rings is 1. The van der Waals surface area contributed by atoms with Crippen molar-refractivity contribution in [3.05, 3.63) is 70.6 Å². The zero-order valence-electron chi connectivity index (χ0n) is 14.1. The van der Waals surface area contributed by atoms with Crippen LogP contribution in [0.5, 0.6) is 0 Å². The molecule has 0 bridgehead atoms. The number of carbonyl (C=O) groups is 1. The van der Waals surface area contributed by atoms with Gasteiger partial charge in [-0.3, -0.25) is 4.79 Å². The number of nitrogens with zero attached hydrogens (tertiary/aromatic N) is 2. The summed E-state index contributed by atoms with van der Waals surface area (Å²) in [6.45, 7) is 2.92. The van der Waals surface area contributed by atoms with Gasteiger partial charge in [0.25, 0.3) is 5.91 Å². The Kier molecular flexibility index (Phi) is 4.49. The quantitative estimate of drug-likeness (QED) is 0.493. The summed E-state index contributed by atoms with van der Waals surface area (Å²) in [5.74, 6) is 0.756. The molecule has 4 aromatic rings. The molecule has 130 valence electrons. The summed E-state index contributed by atoms with van der Waals surface area (Å²) < 4.78 is 2.17. The zero-order chi connectivity index (χ0) is 18.1. The van der Waals surface area contributed by atoms with E-state index in [-0.39, 0.29) is 5.91 Å². The van der Waals surface area contributed by atoms with E-state index in [2.05, 4.69) is 22.9 Å². The maximum Gasteiger partial charge on any atom is 0.265 e. The number of aromatic nitrogens is 2. The molecule has 1 N–H and O–H groups in total. The summed E-state index contributed by atoms with van der Waals surface area (Å²) in [6.07, 6.45) is 0. The van der Waals surface area contributed by atoms with Gasteiger partial charge in [0.05, 0.1) is 20.8 Å². The number of fused-ring (bicyclic) bond motifs is 1. The van der Waals surface area contributed by atoms with Crippen LogP contribution in [-0.2, 0) is 6.54 Å². The number of hydrogen-bond acceptors (Lipinski definition) is 3. The largest absolute Gasteiger partial charge is 0.324 e. The lowest BCUT2D eigenvalue weighted by molar-refractivity contribution is 0.103. The van der Waals surface area contributed by atoms with Gasteiger partial charge in [-0.2, -0.15) is 0 Å². The number of benzene rings is 2. The Morgan fingerprint density at radius 2 is 1.88 bits per heavy atom. The molecular formula is C20H16ClN3OS. The number of carbonyl (C=O) groups excluding carboxylic acids is 1. The number of thiophene rings is 1. The molecule has 26 heavy (non-hydrogen) atoms. The van der Waals surface area contributed by atoms with Gasteiger partial charge in [-0.25, -0.2) is 4.98 Å². The summed E-state index contributed by atoms with van der Waals surface area (Å²) in [7, 11) is 0. The second-order valence-electron chi connectivity index (χ2n) is 5.79. The number of aryl methyl sites for hydroxylation is 1. The fourth-order valence-corrected chi connectivity index (χ4v) is 3.92. The van der Waals surface area contributed by atoms with E-state index in [1.807, 2.05) is 30.3 Å². The predicted molar refractivity (Wildman–Crippen MR) is 108 cm³/mol. The molecule has 0 saturated heterocycles. The summed E-state index contributed by atoms with van der Waals surface area (Å²) >= 11 is 7.32. The number of halogens is 1. The monoisotopic (exact) mass is 381 g/mol. The highest BCUT2D eigenvalue weighted by Gasteiger charge is 2.16. The van der Waals surface area contributed by atoms with Crippen molar-refractivity contribution in [1.82, 2.24) is 9.55 Å². The first-order valence-electron chi connectivity index (χ1n) is 8.28. The Labute approximate surface area is 160 Å². The number of nitrogens with one attached hydrogen (secondary N) is 1. The van der Waals surface area contributed by atoms with Gasteiger partial charge in [-0.1, -0.05) is 23.7 Å². The Hall–Kier alpha value is -2.63. The number of anilines is 1. The first kappa shape index (κ1) is 16.8. The van der Waals surface area contributed by atoms with Gasteiger partial charge in [-0.05, 0) is 55.5 Å². The fourth-order valence-electron chi connectivity index (χ4n) is 2.89. The van der Waals surface area contributed by atoms with Crippen LogP contribution in [0.1, 0.15) is 16.6 Å². The van der Waals surface area contributed by atoms with Crippen LogP contribution in [0.4, 0.5) is 5.69 Å². The van der Waals surface area contributed by atoms with Gasteiger partial charge >= 0.3 is 0 Å². The lowest BCUT2D eigenvalue weighted by Gasteiger charge is -2.04. The van der Waals surface area contributed by atoms with Crippen molar-refractivity contribution in [2.24, 2.45) is 0 Å². The molecule has 0 radical (unpaired) electrons. The highest BCUT2D eigenvalue weighted by Crippen LogP contribution is 2.31. The molecule has 0 unspecified atom stereocenters. The van der Waals surface area contributed by atoms with E-state index in [0.29, 0.717) is 9.90 Å². The standard InChI is InChI=1S/C20H16ClN3OS/c1-2-24-16-6-4-3-5-15(16)23-19(24)17-11-12-18(26-17)20(25)22-14-9-7-13(21)8-10-14/h3-12H,2H2,1H3,(H,22,25). The van der Waals surface area contributed by atoms with Crippen LogP contribution in [0.2, 0.25) is 5.02 Å². The average molecular weight is 382 g/mol. The van der Waals surface area contributed by atoms with Crippen LogP contribution in [0, 0.1) is 0 Å².